The monoisotopic (exact) mass is 563 g/mol. The van der Waals surface area contributed by atoms with E-state index in [-0.39, 0.29) is 6.61 Å². The predicted molar refractivity (Wildman–Crippen MR) is 159 cm³/mol. The standard InChI is InChI=1S/C30H27Cl2N3O2S/c1-19-21(18-37-22-13-12-20(27(32)16-22)17-33-14-15-36)6-4-7-23(19)24-8-5-9-25-29(24)38-35-30(25)34-28-11-3-2-10-26(28)31/h2-13,16,33,36H,14-15,17-18H2,1H3,(H,34,35). The van der Waals surface area contributed by atoms with E-state index in [1.807, 2.05) is 42.5 Å². The number of hydrogen-bond donors (Lipinski definition) is 3. The Labute approximate surface area is 236 Å². The van der Waals surface area contributed by atoms with Crippen LogP contribution >= 0.6 is 34.7 Å². The van der Waals surface area contributed by atoms with Gasteiger partial charge in [-0.2, -0.15) is 4.37 Å². The van der Waals surface area contributed by atoms with Gasteiger partial charge in [-0.1, -0.05) is 71.7 Å². The number of ether oxygens (including phenoxy) is 1. The minimum absolute atomic E-state index is 0.0926. The molecule has 0 fully saturated rings. The fourth-order valence-electron chi connectivity index (χ4n) is 4.31. The first-order valence-electron chi connectivity index (χ1n) is 12.3. The van der Waals surface area contributed by atoms with Gasteiger partial charge in [-0.3, -0.25) is 0 Å². The average Bonchev–Trinajstić information content (AvgIpc) is 3.34. The molecule has 4 aromatic carbocycles. The second kappa shape index (κ2) is 12.2. The SMILES string of the molecule is Cc1c(COc2ccc(CNCCO)c(Cl)c2)cccc1-c1cccc2c(Nc3ccccc3Cl)nsc12. The highest BCUT2D eigenvalue weighted by Gasteiger charge is 2.15. The molecule has 0 aliphatic heterocycles. The first kappa shape index (κ1) is 26.5. The molecule has 0 aliphatic carbocycles. The van der Waals surface area contributed by atoms with Gasteiger partial charge in [0.1, 0.15) is 12.4 Å². The maximum Gasteiger partial charge on any atom is 0.152 e. The van der Waals surface area contributed by atoms with Crippen molar-refractivity contribution < 1.29 is 9.84 Å². The highest BCUT2D eigenvalue weighted by atomic mass is 35.5. The van der Waals surface area contributed by atoms with Crippen LogP contribution in [-0.4, -0.2) is 22.6 Å². The fourth-order valence-corrected chi connectivity index (χ4v) is 5.60. The van der Waals surface area contributed by atoms with E-state index in [0.717, 1.165) is 49.4 Å². The molecule has 1 aromatic heterocycles. The lowest BCUT2D eigenvalue weighted by molar-refractivity contribution is 0.292. The van der Waals surface area contributed by atoms with Gasteiger partial charge in [0.05, 0.1) is 22.0 Å². The summed E-state index contributed by atoms with van der Waals surface area (Å²) in [6.45, 7) is 3.77. The van der Waals surface area contributed by atoms with E-state index in [9.17, 15) is 0 Å². The van der Waals surface area contributed by atoms with Crippen LogP contribution in [0.5, 0.6) is 5.75 Å². The molecule has 1 heterocycles. The molecule has 8 heteroatoms. The third-order valence-corrected chi connectivity index (χ3v) is 7.96. The molecule has 0 saturated heterocycles. The Morgan fingerprint density at radius 1 is 0.895 bits per heavy atom. The molecule has 0 atom stereocenters. The predicted octanol–water partition coefficient (Wildman–Crippen LogP) is 7.98. The summed E-state index contributed by atoms with van der Waals surface area (Å²) in [5.41, 5.74) is 6.33. The van der Waals surface area contributed by atoms with E-state index in [1.54, 1.807) is 0 Å². The zero-order valence-electron chi connectivity index (χ0n) is 20.8. The van der Waals surface area contributed by atoms with Crippen molar-refractivity contribution in [3.8, 4) is 16.9 Å². The number of nitrogens with zero attached hydrogens (tertiary/aromatic N) is 1. The molecule has 38 heavy (non-hydrogen) atoms. The lowest BCUT2D eigenvalue weighted by Crippen LogP contribution is -2.17. The van der Waals surface area contributed by atoms with Gasteiger partial charge >= 0.3 is 0 Å². The van der Waals surface area contributed by atoms with Crippen molar-refractivity contribution in [1.82, 2.24) is 9.69 Å². The number of fused-ring (bicyclic) bond motifs is 1. The van der Waals surface area contributed by atoms with Crippen LogP contribution in [-0.2, 0) is 13.2 Å². The number of aromatic nitrogens is 1. The molecule has 0 radical (unpaired) electrons. The van der Waals surface area contributed by atoms with Crippen LogP contribution in [0.3, 0.4) is 0 Å². The number of aliphatic hydroxyl groups is 1. The summed E-state index contributed by atoms with van der Waals surface area (Å²) in [7, 11) is 0. The minimum atomic E-state index is 0.0926. The van der Waals surface area contributed by atoms with E-state index >= 15 is 0 Å². The van der Waals surface area contributed by atoms with E-state index in [4.69, 9.17) is 37.4 Å². The van der Waals surface area contributed by atoms with Gasteiger partial charge in [0.25, 0.3) is 0 Å². The average molecular weight is 565 g/mol. The van der Waals surface area contributed by atoms with Crippen LogP contribution in [0.15, 0.2) is 78.9 Å². The molecule has 5 nitrogen and oxygen atoms in total. The number of rotatable bonds is 10. The molecular weight excluding hydrogens is 537 g/mol. The zero-order valence-corrected chi connectivity index (χ0v) is 23.1. The first-order chi connectivity index (χ1) is 18.5. The second-order valence-electron chi connectivity index (χ2n) is 8.85. The second-order valence-corrected chi connectivity index (χ2v) is 10.4. The Balaban J connectivity index is 1.37. The summed E-state index contributed by atoms with van der Waals surface area (Å²) in [6, 6.07) is 25.9. The highest BCUT2D eigenvalue weighted by molar-refractivity contribution is 7.14. The van der Waals surface area contributed by atoms with E-state index in [2.05, 4.69) is 54.0 Å². The van der Waals surface area contributed by atoms with Gasteiger partial charge in [0, 0.05) is 29.1 Å². The smallest absolute Gasteiger partial charge is 0.152 e. The van der Waals surface area contributed by atoms with Crippen molar-refractivity contribution in [2.24, 2.45) is 0 Å². The summed E-state index contributed by atoms with van der Waals surface area (Å²) in [5.74, 6) is 1.51. The van der Waals surface area contributed by atoms with Crippen LogP contribution in [0.4, 0.5) is 11.5 Å². The quantitative estimate of drug-likeness (QED) is 0.150. The number of para-hydroxylation sites is 1. The topological polar surface area (TPSA) is 66.4 Å². The molecule has 3 N–H and O–H groups in total. The summed E-state index contributed by atoms with van der Waals surface area (Å²) in [6.07, 6.45) is 0. The molecule has 0 unspecified atom stereocenters. The van der Waals surface area contributed by atoms with Crippen molar-refractivity contribution in [2.45, 2.75) is 20.1 Å². The largest absolute Gasteiger partial charge is 0.489 e. The maximum absolute atomic E-state index is 8.94. The number of hydrogen-bond acceptors (Lipinski definition) is 6. The molecule has 5 rings (SSSR count). The van der Waals surface area contributed by atoms with Crippen molar-refractivity contribution in [1.29, 1.82) is 0 Å². The van der Waals surface area contributed by atoms with Crippen LogP contribution in [0.1, 0.15) is 16.7 Å². The zero-order chi connectivity index (χ0) is 26.5. The van der Waals surface area contributed by atoms with E-state index in [0.29, 0.717) is 35.5 Å². The maximum atomic E-state index is 8.94. The molecule has 0 amide bonds. The van der Waals surface area contributed by atoms with Crippen molar-refractivity contribution in [3.05, 3.63) is 106 Å². The Kier molecular flexibility index (Phi) is 8.47. The Bertz CT molecular complexity index is 1570. The van der Waals surface area contributed by atoms with Crippen LogP contribution in [0, 0.1) is 6.92 Å². The third kappa shape index (κ3) is 5.80. The Morgan fingerprint density at radius 2 is 1.71 bits per heavy atom. The first-order valence-corrected chi connectivity index (χ1v) is 13.8. The summed E-state index contributed by atoms with van der Waals surface area (Å²) >= 11 is 14.3. The number of nitrogens with one attached hydrogen (secondary N) is 2. The Hall–Kier alpha value is -3.13. The molecule has 0 saturated carbocycles. The van der Waals surface area contributed by atoms with Crippen molar-refractivity contribution >= 4 is 56.3 Å². The lowest BCUT2D eigenvalue weighted by atomic mass is 9.96. The van der Waals surface area contributed by atoms with Crippen LogP contribution in [0.25, 0.3) is 21.2 Å². The number of benzene rings is 4. The molecule has 5 aromatic rings. The molecule has 0 aliphatic rings. The van der Waals surface area contributed by atoms with Gasteiger partial charge in [-0.25, -0.2) is 0 Å². The minimum Gasteiger partial charge on any atom is -0.489 e. The number of anilines is 2. The summed E-state index contributed by atoms with van der Waals surface area (Å²) in [5, 5.41) is 17.8. The summed E-state index contributed by atoms with van der Waals surface area (Å²) in [4.78, 5) is 0. The van der Waals surface area contributed by atoms with Gasteiger partial charge in [-0.15, -0.1) is 0 Å². The van der Waals surface area contributed by atoms with E-state index < -0.39 is 0 Å². The van der Waals surface area contributed by atoms with Gasteiger partial charge in [0.15, 0.2) is 5.82 Å². The molecular formula is C30H27Cl2N3O2S. The molecule has 0 bridgehead atoms. The fraction of sp³-hybridized carbons (Fsp3) is 0.167. The lowest BCUT2D eigenvalue weighted by Gasteiger charge is -2.14. The van der Waals surface area contributed by atoms with Crippen molar-refractivity contribution in [3.63, 3.8) is 0 Å². The molecule has 0 spiro atoms. The highest BCUT2D eigenvalue weighted by Crippen LogP contribution is 2.39. The van der Waals surface area contributed by atoms with Crippen LogP contribution in [0.2, 0.25) is 10.0 Å². The third-order valence-electron chi connectivity index (χ3n) is 6.38. The van der Waals surface area contributed by atoms with Crippen LogP contribution < -0.4 is 15.4 Å². The van der Waals surface area contributed by atoms with Gasteiger partial charge < -0.3 is 20.5 Å². The van der Waals surface area contributed by atoms with Gasteiger partial charge in [-0.05, 0) is 71.0 Å². The number of aliphatic hydroxyl groups excluding tert-OH is 1. The summed E-state index contributed by atoms with van der Waals surface area (Å²) < 4.78 is 11.9. The Morgan fingerprint density at radius 3 is 2.53 bits per heavy atom. The van der Waals surface area contributed by atoms with E-state index in [1.165, 1.54) is 11.5 Å². The van der Waals surface area contributed by atoms with Crippen molar-refractivity contribution in [2.75, 3.05) is 18.5 Å². The normalized spacial score (nSPS) is 11.2. The number of halogens is 2. The van der Waals surface area contributed by atoms with Gasteiger partial charge in [0.2, 0.25) is 0 Å². The molecule has 194 valence electrons.